The Morgan fingerprint density at radius 2 is 1.84 bits per heavy atom. The summed E-state index contributed by atoms with van der Waals surface area (Å²) >= 11 is 0. The van der Waals surface area contributed by atoms with Crippen molar-refractivity contribution in [1.82, 2.24) is 4.98 Å². The minimum atomic E-state index is -0.151. The summed E-state index contributed by atoms with van der Waals surface area (Å²) < 4.78 is 0. The van der Waals surface area contributed by atoms with E-state index < -0.39 is 0 Å². The molecule has 0 saturated heterocycles. The van der Waals surface area contributed by atoms with Gasteiger partial charge in [-0.15, -0.1) is 24.8 Å². The fraction of sp³-hybridized carbons (Fsp3) is 0.0769. The number of benzene rings is 1. The van der Waals surface area contributed by atoms with Crippen molar-refractivity contribution in [2.45, 2.75) is 6.54 Å². The van der Waals surface area contributed by atoms with Crippen LogP contribution >= 0.6 is 24.8 Å². The van der Waals surface area contributed by atoms with Crippen LogP contribution in [-0.4, -0.2) is 10.9 Å². The maximum atomic E-state index is 11.8. The summed E-state index contributed by atoms with van der Waals surface area (Å²) in [6, 6.07) is 10.8. The highest BCUT2D eigenvalue weighted by atomic mass is 35.5. The van der Waals surface area contributed by atoms with Gasteiger partial charge in [-0.1, -0.05) is 12.1 Å². The summed E-state index contributed by atoms with van der Waals surface area (Å²) in [5, 5.41) is 2.76. The molecule has 0 saturated carbocycles. The molecule has 102 valence electrons. The topological polar surface area (TPSA) is 68.0 Å². The highest BCUT2D eigenvalue weighted by Crippen LogP contribution is 2.08. The van der Waals surface area contributed by atoms with Crippen LogP contribution in [0.25, 0.3) is 0 Å². The number of amides is 1. The van der Waals surface area contributed by atoms with E-state index in [4.69, 9.17) is 5.73 Å². The highest BCUT2D eigenvalue weighted by Gasteiger charge is 2.05. The van der Waals surface area contributed by atoms with E-state index in [2.05, 4.69) is 10.3 Å². The van der Waals surface area contributed by atoms with E-state index in [9.17, 15) is 4.79 Å². The van der Waals surface area contributed by atoms with Gasteiger partial charge in [-0.25, -0.2) is 0 Å². The molecule has 3 N–H and O–H groups in total. The minimum absolute atomic E-state index is 0. The Morgan fingerprint density at radius 1 is 1.16 bits per heavy atom. The summed E-state index contributed by atoms with van der Waals surface area (Å²) in [7, 11) is 0. The molecule has 0 aliphatic carbocycles. The number of nitrogens with one attached hydrogen (secondary N) is 1. The smallest absolute Gasteiger partial charge is 0.255 e. The molecule has 0 fully saturated rings. The van der Waals surface area contributed by atoms with Gasteiger partial charge in [0, 0.05) is 18.3 Å². The summed E-state index contributed by atoms with van der Waals surface area (Å²) in [6.07, 6.45) is 3.26. The number of hydrogen-bond acceptors (Lipinski definition) is 3. The van der Waals surface area contributed by atoms with Crippen LogP contribution in [0, 0.1) is 0 Å². The maximum Gasteiger partial charge on any atom is 0.255 e. The monoisotopic (exact) mass is 299 g/mol. The van der Waals surface area contributed by atoms with Gasteiger partial charge in [0.05, 0.1) is 11.9 Å². The van der Waals surface area contributed by atoms with Gasteiger partial charge in [0.15, 0.2) is 0 Å². The van der Waals surface area contributed by atoms with Gasteiger partial charge < -0.3 is 11.1 Å². The molecule has 6 heteroatoms. The molecule has 2 aromatic rings. The van der Waals surface area contributed by atoms with Crippen LogP contribution in [0.4, 0.5) is 5.69 Å². The van der Waals surface area contributed by atoms with Gasteiger partial charge in [0.2, 0.25) is 0 Å². The lowest BCUT2D eigenvalue weighted by molar-refractivity contribution is 0.102. The predicted octanol–water partition coefficient (Wildman–Crippen LogP) is 2.64. The van der Waals surface area contributed by atoms with Crippen LogP contribution in [0.15, 0.2) is 48.8 Å². The molecule has 1 amide bonds. The van der Waals surface area contributed by atoms with Crippen LogP contribution in [-0.2, 0) is 6.54 Å². The molecule has 0 atom stereocenters. The Labute approximate surface area is 124 Å². The van der Waals surface area contributed by atoms with Gasteiger partial charge in [-0.2, -0.15) is 0 Å². The molecule has 4 nitrogen and oxygen atoms in total. The Balaban J connectivity index is 0.00000162. The van der Waals surface area contributed by atoms with E-state index in [-0.39, 0.29) is 30.7 Å². The number of nitrogens with two attached hydrogens (primary N) is 1. The van der Waals surface area contributed by atoms with Gasteiger partial charge in [-0.05, 0) is 29.8 Å². The van der Waals surface area contributed by atoms with E-state index >= 15 is 0 Å². The van der Waals surface area contributed by atoms with Gasteiger partial charge in [0.1, 0.15) is 0 Å². The molecule has 0 aliphatic heterocycles. The number of hydrogen-bond donors (Lipinski definition) is 2. The van der Waals surface area contributed by atoms with E-state index in [1.807, 2.05) is 12.1 Å². The van der Waals surface area contributed by atoms with Gasteiger partial charge in [-0.3, -0.25) is 9.78 Å². The first kappa shape index (κ1) is 17.4. The number of nitrogens with zero attached hydrogens (tertiary/aromatic N) is 1. The second-order valence-corrected chi connectivity index (χ2v) is 3.60. The molecule has 0 aliphatic rings. The lowest BCUT2D eigenvalue weighted by atomic mass is 10.1. The summed E-state index contributed by atoms with van der Waals surface area (Å²) in [5.74, 6) is -0.151. The third-order valence-corrected chi connectivity index (χ3v) is 2.37. The summed E-state index contributed by atoms with van der Waals surface area (Å²) in [6.45, 7) is 0.477. The zero-order chi connectivity index (χ0) is 12.1. The quantitative estimate of drug-likeness (QED) is 0.915. The van der Waals surface area contributed by atoms with E-state index in [0.717, 1.165) is 5.56 Å². The predicted molar refractivity (Wildman–Crippen MR) is 81.0 cm³/mol. The fourth-order valence-electron chi connectivity index (χ4n) is 1.43. The van der Waals surface area contributed by atoms with Crippen molar-refractivity contribution < 1.29 is 4.79 Å². The molecule has 19 heavy (non-hydrogen) atoms. The number of carbonyl (C=O) groups is 1. The molecule has 1 aromatic carbocycles. The Hall–Kier alpha value is -1.62. The lowest BCUT2D eigenvalue weighted by Crippen LogP contribution is -2.12. The second-order valence-electron chi connectivity index (χ2n) is 3.60. The van der Waals surface area contributed by atoms with Crippen LogP contribution < -0.4 is 11.1 Å². The van der Waals surface area contributed by atoms with Crippen molar-refractivity contribution in [3.05, 3.63) is 59.9 Å². The minimum Gasteiger partial charge on any atom is -0.326 e. The number of rotatable bonds is 3. The van der Waals surface area contributed by atoms with Crippen LogP contribution in [0.3, 0.4) is 0 Å². The first-order chi connectivity index (χ1) is 8.29. The van der Waals surface area contributed by atoms with Crippen LogP contribution in [0.1, 0.15) is 15.9 Å². The average Bonchev–Trinajstić information content (AvgIpc) is 2.40. The zero-order valence-corrected chi connectivity index (χ0v) is 11.7. The average molecular weight is 300 g/mol. The maximum absolute atomic E-state index is 11.8. The number of carbonyl (C=O) groups excluding carboxylic acids is 1. The Morgan fingerprint density at radius 3 is 2.37 bits per heavy atom. The second kappa shape index (κ2) is 8.48. The first-order valence-corrected chi connectivity index (χ1v) is 5.30. The number of pyridine rings is 1. The molecular weight excluding hydrogens is 285 g/mol. The molecular formula is C13H15Cl2N3O. The Bertz CT molecular complexity index is 503. The third-order valence-electron chi connectivity index (χ3n) is 2.37. The van der Waals surface area contributed by atoms with Crippen LogP contribution in [0.2, 0.25) is 0 Å². The SMILES string of the molecule is Cl.Cl.NCc1ccc(C(=O)Nc2cccnc2)cc1. The van der Waals surface area contributed by atoms with E-state index in [1.165, 1.54) is 0 Å². The normalized spacial score (nSPS) is 8.89. The number of aromatic nitrogens is 1. The molecule has 0 bridgehead atoms. The molecule has 0 radical (unpaired) electrons. The zero-order valence-electron chi connectivity index (χ0n) is 10.1. The van der Waals surface area contributed by atoms with E-state index in [0.29, 0.717) is 17.8 Å². The summed E-state index contributed by atoms with van der Waals surface area (Å²) in [4.78, 5) is 15.8. The fourth-order valence-corrected chi connectivity index (χ4v) is 1.43. The van der Waals surface area contributed by atoms with Crippen molar-refractivity contribution in [3.8, 4) is 0 Å². The molecule has 0 spiro atoms. The van der Waals surface area contributed by atoms with Crippen molar-refractivity contribution >= 4 is 36.4 Å². The third kappa shape index (κ3) is 4.87. The van der Waals surface area contributed by atoms with Crippen molar-refractivity contribution in [3.63, 3.8) is 0 Å². The van der Waals surface area contributed by atoms with Crippen molar-refractivity contribution in [2.24, 2.45) is 5.73 Å². The molecule has 0 unspecified atom stereocenters. The van der Waals surface area contributed by atoms with E-state index in [1.54, 1.807) is 36.7 Å². The number of halogens is 2. The first-order valence-electron chi connectivity index (χ1n) is 5.30. The summed E-state index contributed by atoms with van der Waals surface area (Å²) in [5.41, 5.74) is 7.78. The van der Waals surface area contributed by atoms with Crippen molar-refractivity contribution in [1.29, 1.82) is 0 Å². The molecule has 2 rings (SSSR count). The van der Waals surface area contributed by atoms with Gasteiger partial charge in [0.25, 0.3) is 5.91 Å². The Kier molecular flexibility index (Phi) is 7.75. The van der Waals surface area contributed by atoms with Crippen LogP contribution in [0.5, 0.6) is 0 Å². The van der Waals surface area contributed by atoms with Gasteiger partial charge >= 0.3 is 0 Å². The molecule has 1 heterocycles. The standard InChI is InChI=1S/C13H13N3O.2ClH/c14-8-10-3-5-11(6-4-10)13(17)16-12-2-1-7-15-9-12;;/h1-7,9H,8,14H2,(H,16,17);2*1H. The lowest BCUT2D eigenvalue weighted by Gasteiger charge is -2.05. The van der Waals surface area contributed by atoms with Crippen molar-refractivity contribution in [2.75, 3.05) is 5.32 Å². The number of anilines is 1. The highest BCUT2D eigenvalue weighted by molar-refractivity contribution is 6.04. The largest absolute Gasteiger partial charge is 0.326 e. The molecule has 1 aromatic heterocycles.